The van der Waals surface area contributed by atoms with Gasteiger partial charge in [-0.3, -0.25) is 0 Å². The predicted octanol–water partition coefficient (Wildman–Crippen LogP) is 2.05. The minimum Gasteiger partial charge on any atom is -0.477 e. The van der Waals surface area contributed by atoms with Crippen molar-refractivity contribution >= 4 is 27.3 Å². The molecule has 2 N–H and O–H groups in total. The molecule has 0 aliphatic rings. The molecule has 0 fully saturated rings. The second-order valence-corrected chi connectivity index (χ2v) is 7.63. The molecule has 0 unspecified atom stereocenters. The molecule has 8 heteroatoms. The highest BCUT2D eigenvalue weighted by Gasteiger charge is 2.20. The highest BCUT2D eigenvalue weighted by Crippen LogP contribution is 2.18. The second-order valence-electron chi connectivity index (χ2n) is 4.49. The summed E-state index contributed by atoms with van der Waals surface area (Å²) in [6.07, 6.45) is 1.34. The van der Waals surface area contributed by atoms with E-state index < -0.39 is 16.0 Å². The van der Waals surface area contributed by atoms with Gasteiger partial charge in [0.2, 0.25) is 10.0 Å². The molecule has 2 rings (SSSR count). The number of aryl methyl sites for hydroxylation is 2. The van der Waals surface area contributed by atoms with E-state index in [0.29, 0.717) is 6.54 Å². The Labute approximate surface area is 127 Å². The number of thiophene rings is 1. The standard InChI is InChI=1S/C13H16N2O4S2/c1-3-15-8-11(6-12(15)13(16)17)21(18,19)14-7-10-5-4-9(2)20-10/h4-6,8,14H,3,7H2,1-2H3,(H,16,17). The van der Waals surface area contributed by atoms with Crippen LogP contribution in [0.15, 0.2) is 29.3 Å². The molecular weight excluding hydrogens is 312 g/mol. The van der Waals surface area contributed by atoms with Crippen molar-refractivity contribution in [3.63, 3.8) is 0 Å². The first-order valence-electron chi connectivity index (χ1n) is 6.32. The van der Waals surface area contributed by atoms with Crippen LogP contribution in [0.25, 0.3) is 0 Å². The molecule has 6 nitrogen and oxygen atoms in total. The van der Waals surface area contributed by atoms with E-state index in [1.807, 2.05) is 19.1 Å². The summed E-state index contributed by atoms with van der Waals surface area (Å²) in [5.74, 6) is -1.15. The van der Waals surface area contributed by atoms with Crippen LogP contribution in [0.5, 0.6) is 0 Å². The van der Waals surface area contributed by atoms with Gasteiger partial charge in [-0.25, -0.2) is 17.9 Å². The number of aromatic nitrogens is 1. The molecule has 2 aromatic rings. The molecule has 0 atom stereocenters. The highest BCUT2D eigenvalue weighted by molar-refractivity contribution is 7.89. The van der Waals surface area contributed by atoms with Gasteiger partial charge in [-0.05, 0) is 32.0 Å². The van der Waals surface area contributed by atoms with Gasteiger partial charge in [-0.15, -0.1) is 11.3 Å². The Hall–Kier alpha value is -1.64. The number of rotatable bonds is 6. The first-order chi connectivity index (χ1) is 9.83. The second kappa shape index (κ2) is 6.00. The molecule has 0 saturated heterocycles. The van der Waals surface area contributed by atoms with Crippen LogP contribution in [0.2, 0.25) is 0 Å². The number of nitrogens with one attached hydrogen (secondary N) is 1. The van der Waals surface area contributed by atoms with E-state index >= 15 is 0 Å². The molecule has 0 aliphatic heterocycles. The Morgan fingerprint density at radius 2 is 2.14 bits per heavy atom. The van der Waals surface area contributed by atoms with Crippen LogP contribution < -0.4 is 4.72 Å². The van der Waals surface area contributed by atoms with Gasteiger partial charge < -0.3 is 9.67 Å². The van der Waals surface area contributed by atoms with Crippen molar-refractivity contribution in [2.45, 2.75) is 31.8 Å². The number of hydrogen-bond donors (Lipinski definition) is 2. The average Bonchev–Trinajstić information content (AvgIpc) is 3.02. The minimum atomic E-state index is -3.72. The van der Waals surface area contributed by atoms with Gasteiger partial charge in [0.25, 0.3) is 0 Å². The van der Waals surface area contributed by atoms with Crippen LogP contribution in [-0.2, 0) is 23.1 Å². The number of aromatic carboxylic acids is 1. The first-order valence-corrected chi connectivity index (χ1v) is 8.62. The summed E-state index contributed by atoms with van der Waals surface area (Å²) >= 11 is 1.52. The van der Waals surface area contributed by atoms with Gasteiger partial charge in [-0.2, -0.15) is 0 Å². The van der Waals surface area contributed by atoms with E-state index in [1.165, 1.54) is 28.2 Å². The predicted molar refractivity (Wildman–Crippen MR) is 80.1 cm³/mol. The molecule has 0 aliphatic carbocycles. The van der Waals surface area contributed by atoms with Crippen molar-refractivity contribution in [1.29, 1.82) is 0 Å². The number of carboxylic acids is 1. The third-order valence-electron chi connectivity index (χ3n) is 2.97. The summed E-state index contributed by atoms with van der Waals surface area (Å²) in [6.45, 7) is 4.29. The van der Waals surface area contributed by atoms with Gasteiger partial charge in [0.15, 0.2) is 0 Å². The summed E-state index contributed by atoms with van der Waals surface area (Å²) in [4.78, 5) is 13.0. The lowest BCUT2D eigenvalue weighted by molar-refractivity contribution is 0.0685. The number of carboxylic acid groups (broad SMARTS) is 1. The zero-order valence-electron chi connectivity index (χ0n) is 11.7. The molecule has 0 amide bonds. The molecule has 0 spiro atoms. The van der Waals surface area contributed by atoms with E-state index in [2.05, 4.69) is 4.72 Å². The maximum atomic E-state index is 12.2. The molecule has 21 heavy (non-hydrogen) atoms. The fraction of sp³-hybridized carbons (Fsp3) is 0.308. The number of nitrogens with zero attached hydrogens (tertiary/aromatic N) is 1. The number of sulfonamides is 1. The molecule has 0 saturated carbocycles. The topological polar surface area (TPSA) is 88.4 Å². The summed E-state index contributed by atoms with van der Waals surface area (Å²) in [5, 5.41) is 9.05. The Bertz CT molecular complexity index is 759. The van der Waals surface area contributed by atoms with Gasteiger partial charge in [0.05, 0.1) is 0 Å². The largest absolute Gasteiger partial charge is 0.477 e. The van der Waals surface area contributed by atoms with Crippen molar-refractivity contribution in [3.05, 3.63) is 39.8 Å². The Balaban J connectivity index is 2.21. The van der Waals surface area contributed by atoms with E-state index in [4.69, 9.17) is 5.11 Å². The summed E-state index contributed by atoms with van der Waals surface area (Å²) in [6, 6.07) is 4.96. The van der Waals surface area contributed by atoms with Crippen LogP contribution in [0.3, 0.4) is 0 Å². The number of carbonyl (C=O) groups is 1. The third kappa shape index (κ3) is 3.52. The van der Waals surface area contributed by atoms with Gasteiger partial charge >= 0.3 is 5.97 Å². The Morgan fingerprint density at radius 1 is 1.43 bits per heavy atom. The van der Waals surface area contributed by atoms with E-state index in [1.54, 1.807) is 6.92 Å². The van der Waals surface area contributed by atoms with Gasteiger partial charge in [0, 0.05) is 29.0 Å². The molecule has 0 aromatic carbocycles. The smallest absolute Gasteiger partial charge is 0.352 e. The van der Waals surface area contributed by atoms with Crippen molar-refractivity contribution < 1.29 is 18.3 Å². The van der Waals surface area contributed by atoms with E-state index in [0.717, 1.165) is 9.75 Å². The minimum absolute atomic E-state index is 0.0324. The van der Waals surface area contributed by atoms with Crippen molar-refractivity contribution in [3.8, 4) is 0 Å². The molecule has 2 heterocycles. The van der Waals surface area contributed by atoms with Crippen LogP contribution in [0.1, 0.15) is 27.2 Å². The average molecular weight is 328 g/mol. The zero-order chi connectivity index (χ0) is 15.6. The van der Waals surface area contributed by atoms with Crippen molar-refractivity contribution in [2.75, 3.05) is 0 Å². The fourth-order valence-corrected chi connectivity index (χ4v) is 3.87. The summed E-state index contributed by atoms with van der Waals surface area (Å²) in [5.41, 5.74) is -0.0372. The molecule has 114 valence electrons. The monoisotopic (exact) mass is 328 g/mol. The quantitative estimate of drug-likeness (QED) is 0.849. The summed E-state index contributed by atoms with van der Waals surface area (Å²) < 4.78 is 28.3. The van der Waals surface area contributed by atoms with Gasteiger partial charge in [0.1, 0.15) is 10.6 Å². The zero-order valence-corrected chi connectivity index (χ0v) is 13.3. The SMILES string of the molecule is CCn1cc(S(=O)(=O)NCc2ccc(C)s2)cc1C(=O)O. The fourth-order valence-electron chi connectivity index (χ4n) is 1.90. The maximum absolute atomic E-state index is 12.2. The molecule has 2 aromatic heterocycles. The van der Waals surface area contributed by atoms with E-state index in [9.17, 15) is 13.2 Å². The molecular formula is C13H16N2O4S2. The normalized spacial score (nSPS) is 11.7. The molecule has 0 bridgehead atoms. The Kier molecular flexibility index (Phi) is 4.50. The van der Waals surface area contributed by atoms with Crippen LogP contribution in [0, 0.1) is 6.92 Å². The lowest BCUT2D eigenvalue weighted by Crippen LogP contribution is -2.22. The first kappa shape index (κ1) is 15.7. The van der Waals surface area contributed by atoms with Crippen molar-refractivity contribution in [2.24, 2.45) is 0 Å². The van der Waals surface area contributed by atoms with Crippen LogP contribution in [-0.4, -0.2) is 24.1 Å². The highest BCUT2D eigenvalue weighted by atomic mass is 32.2. The van der Waals surface area contributed by atoms with Gasteiger partial charge in [-0.1, -0.05) is 0 Å². The lowest BCUT2D eigenvalue weighted by atomic mass is 10.4. The van der Waals surface area contributed by atoms with Crippen LogP contribution >= 0.6 is 11.3 Å². The maximum Gasteiger partial charge on any atom is 0.352 e. The lowest BCUT2D eigenvalue weighted by Gasteiger charge is -2.03. The Morgan fingerprint density at radius 3 is 2.62 bits per heavy atom. The molecule has 0 radical (unpaired) electrons. The van der Waals surface area contributed by atoms with E-state index in [-0.39, 0.29) is 17.1 Å². The van der Waals surface area contributed by atoms with Crippen molar-refractivity contribution in [1.82, 2.24) is 9.29 Å². The third-order valence-corrected chi connectivity index (χ3v) is 5.34. The van der Waals surface area contributed by atoms with Crippen LogP contribution in [0.4, 0.5) is 0 Å². The number of hydrogen-bond acceptors (Lipinski definition) is 4. The summed E-state index contributed by atoms with van der Waals surface area (Å²) in [7, 11) is -3.72.